The summed E-state index contributed by atoms with van der Waals surface area (Å²) in [5, 5.41) is 0. The van der Waals surface area contributed by atoms with Gasteiger partial charge in [0.1, 0.15) is 0 Å². The van der Waals surface area contributed by atoms with Crippen molar-refractivity contribution >= 4 is 12.6 Å². The zero-order valence-electron chi connectivity index (χ0n) is 9.86. The molecule has 0 bridgehead atoms. The largest absolute Gasteiger partial charge is 0.143 e. The summed E-state index contributed by atoms with van der Waals surface area (Å²) in [6.07, 6.45) is 2.20. The van der Waals surface area contributed by atoms with Crippen molar-refractivity contribution in [3.63, 3.8) is 0 Å². The Labute approximate surface area is 93.1 Å². The quantitative estimate of drug-likeness (QED) is 0.697. The lowest BCUT2D eigenvalue weighted by Crippen LogP contribution is -2.02. The Kier molecular flexibility index (Phi) is 3.65. The molecule has 0 aliphatic rings. The lowest BCUT2D eigenvalue weighted by atomic mass is 9.91. The van der Waals surface area contributed by atoms with Crippen LogP contribution in [-0.4, -0.2) is 0 Å². The maximum Gasteiger partial charge on any atom is 0.0107 e. The van der Waals surface area contributed by atoms with Crippen LogP contribution in [0.25, 0.3) is 0 Å². The van der Waals surface area contributed by atoms with Crippen LogP contribution in [0, 0.1) is 20.8 Å². The van der Waals surface area contributed by atoms with Crippen molar-refractivity contribution in [2.45, 2.75) is 52.4 Å². The molecule has 0 aromatic heterocycles. The molecule has 0 saturated carbocycles. The smallest absolute Gasteiger partial charge is 0.0107 e. The van der Waals surface area contributed by atoms with Gasteiger partial charge in [-0.15, -0.1) is 12.6 Å². The minimum Gasteiger partial charge on any atom is -0.143 e. The first-order valence-corrected chi connectivity index (χ1v) is 5.79. The van der Waals surface area contributed by atoms with E-state index in [1.807, 2.05) is 0 Å². The lowest BCUT2D eigenvalue weighted by molar-refractivity contribution is 0.955. The third kappa shape index (κ3) is 1.70. The van der Waals surface area contributed by atoms with Gasteiger partial charge in [-0.25, -0.2) is 0 Å². The molecule has 0 saturated heterocycles. The zero-order chi connectivity index (χ0) is 10.9. The number of hydrogen-bond acceptors (Lipinski definition) is 1. The van der Waals surface area contributed by atoms with Crippen LogP contribution in [0.4, 0.5) is 0 Å². The van der Waals surface area contributed by atoms with E-state index >= 15 is 0 Å². The molecule has 14 heavy (non-hydrogen) atoms. The number of thiol groups is 1. The molecule has 1 heteroatoms. The highest BCUT2D eigenvalue weighted by Gasteiger charge is 2.12. The van der Waals surface area contributed by atoms with E-state index in [0.717, 1.165) is 12.8 Å². The van der Waals surface area contributed by atoms with Crippen molar-refractivity contribution in [1.82, 2.24) is 0 Å². The maximum atomic E-state index is 4.63. The molecule has 0 aliphatic carbocycles. The summed E-state index contributed by atoms with van der Waals surface area (Å²) < 4.78 is 0. The van der Waals surface area contributed by atoms with E-state index in [2.05, 4.69) is 47.2 Å². The third-order valence-corrected chi connectivity index (χ3v) is 3.90. The van der Waals surface area contributed by atoms with Gasteiger partial charge in [0.25, 0.3) is 0 Å². The monoisotopic (exact) mass is 208 g/mol. The van der Waals surface area contributed by atoms with Crippen LogP contribution >= 0.6 is 12.6 Å². The molecule has 1 rings (SSSR count). The maximum absolute atomic E-state index is 4.63. The van der Waals surface area contributed by atoms with E-state index in [1.165, 1.54) is 32.7 Å². The number of benzene rings is 1. The molecule has 0 aliphatic heterocycles. The molecule has 0 nitrogen and oxygen atoms in total. The summed E-state index contributed by atoms with van der Waals surface area (Å²) in [6.45, 7) is 11.0. The van der Waals surface area contributed by atoms with E-state index in [9.17, 15) is 0 Å². The van der Waals surface area contributed by atoms with Crippen LogP contribution in [0.15, 0.2) is 4.90 Å². The van der Waals surface area contributed by atoms with Gasteiger partial charge in [0.05, 0.1) is 0 Å². The second-order valence-electron chi connectivity index (χ2n) is 3.89. The highest BCUT2D eigenvalue weighted by molar-refractivity contribution is 7.80. The molecule has 78 valence electrons. The van der Waals surface area contributed by atoms with Gasteiger partial charge in [0.15, 0.2) is 0 Å². The van der Waals surface area contributed by atoms with Gasteiger partial charge in [0.2, 0.25) is 0 Å². The van der Waals surface area contributed by atoms with Crippen molar-refractivity contribution in [1.29, 1.82) is 0 Å². The van der Waals surface area contributed by atoms with Crippen LogP contribution in [-0.2, 0) is 12.8 Å². The molecule has 0 amide bonds. The van der Waals surface area contributed by atoms with E-state index in [1.54, 1.807) is 0 Å². The molecule has 0 radical (unpaired) electrons. The molecule has 1 aromatic rings. The van der Waals surface area contributed by atoms with Crippen LogP contribution in [0.3, 0.4) is 0 Å². The van der Waals surface area contributed by atoms with Crippen molar-refractivity contribution in [2.75, 3.05) is 0 Å². The third-order valence-electron chi connectivity index (χ3n) is 3.29. The van der Waals surface area contributed by atoms with Crippen LogP contribution < -0.4 is 0 Å². The Morgan fingerprint density at radius 1 is 0.786 bits per heavy atom. The number of hydrogen-bond donors (Lipinski definition) is 1. The van der Waals surface area contributed by atoms with Crippen LogP contribution in [0.1, 0.15) is 41.7 Å². The van der Waals surface area contributed by atoms with Gasteiger partial charge in [0, 0.05) is 4.90 Å². The lowest BCUT2D eigenvalue weighted by Gasteiger charge is -2.18. The van der Waals surface area contributed by atoms with Crippen molar-refractivity contribution in [3.8, 4) is 0 Å². The van der Waals surface area contributed by atoms with Crippen molar-refractivity contribution in [3.05, 3.63) is 27.8 Å². The second-order valence-corrected chi connectivity index (χ2v) is 4.34. The molecule has 0 spiro atoms. The molecule has 0 atom stereocenters. The fourth-order valence-electron chi connectivity index (χ4n) is 2.14. The first-order valence-electron chi connectivity index (χ1n) is 5.34. The van der Waals surface area contributed by atoms with Gasteiger partial charge >= 0.3 is 0 Å². The van der Waals surface area contributed by atoms with Crippen molar-refractivity contribution < 1.29 is 0 Å². The molecule has 0 unspecified atom stereocenters. The van der Waals surface area contributed by atoms with Crippen molar-refractivity contribution in [2.24, 2.45) is 0 Å². The van der Waals surface area contributed by atoms with Crippen LogP contribution in [0.5, 0.6) is 0 Å². The average Bonchev–Trinajstić information content (AvgIpc) is 2.20. The fraction of sp³-hybridized carbons (Fsp3) is 0.538. The second kappa shape index (κ2) is 4.39. The van der Waals surface area contributed by atoms with E-state index in [0.29, 0.717) is 0 Å². The Bertz CT molecular complexity index is 316. The van der Waals surface area contributed by atoms with Crippen LogP contribution in [0.2, 0.25) is 0 Å². The van der Waals surface area contributed by atoms with E-state index in [4.69, 9.17) is 0 Å². The normalized spacial score (nSPS) is 10.7. The summed E-state index contributed by atoms with van der Waals surface area (Å²) >= 11 is 4.63. The Morgan fingerprint density at radius 3 is 1.71 bits per heavy atom. The number of rotatable bonds is 2. The summed E-state index contributed by atoms with van der Waals surface area (Å²) in [7, 11) is 0. The minimum absolute atomic E-state index is 1.09. The zero-order valence-corrected chi connectivity index (χ0v) is 10.8. The summed E-state index contributed by atoms with van der Waals surface area (Å²) in [5.74, 6) is 0. The topological polar surface area (TPSA) is 0 Å². The predicted molar refractivity (Wildman–Crippen MR) is 66.7 cm³/mol. The van der Waals surface area contributed by atoms with Gasteiger partial charge in [-0.05, 0) is 61.4 Å². The van der Waals surface area contributed by atoms with E-state index in [-0.39, 0.29) is 0 Å². The molecule has 1 aromatic carbocycles. The Balaban J connectivity index is 3.57. The molecule has 0 fully saturated rings. The first kappa shape index (κ1) is 11.6. The van der Waals surface area contributed by atoms with Gasteiger partial charge < -0.3 is 0 Å². The Morgan fingerprint density at radius 2 is 1.29 bits per heavy atom. The molecule has 0 N–H and O–H groups in total. The Hall–Kier alpha value is -0.430. The predicted octanol–water partition coefficient (Wildman–Crippen LogP) is 4.03. The van der Waals surface area contributed by atoms with Gasteiger partial charge in [-0.2, -0.15) is 0 Å². The SMILES string of the molecule is CCc1c(C)c(C)c(C)c(S)c1CC. The summed E-state index contributed by atoms with van der Waals surface area (Å²) in [6, 6.07) is 0. The highest BCUT2D eigenvalue weighted by Crippen LogP contribution is 2.30. The van der Waals surface area contributed by atoms with E-state index < -0.39 is 0 Å². The molecular weight excluding hydrogens is 188 g/mol. The minimum atomic E-state index is 1.09. The molecular formula is C13H20S. The molecule has 0 heterocycles. The fourth-order valence-corrected chi connectivity index (χ4v) is 2.60. The van der Waals surface area contributed by atoms with Gasteiger partial charge in [-0.3, -0.25) is 0 Å². The van der Waals surface area contributed by atoms with Gasteiger partial charge in [-0.1, -0.05) is 13.8 Å². The summed E-state index contributed by atoms with van der Waals surface area (Å²) in [4.78, 5) is 1.20. The first-order chi connectivity index (χ1) is 6.54. The standard InChI is InChI=1S/C13H20S/c1-6-11-9(4)8(3)10(5)13(14)12(11)7-2/h14H,6-7H2,1-5H3. The average molecular weight is 208 g/mol. The summed E-state index contributed by atoms with van der Waals surface area (Å²) in [5.41, 5.74) is 7.15. The highest BCUT2D eigenvalue weighted by atomic mass is 32.1.